The summed E-state index contributed by atoms with van der Waals surface area (Å²) in [7, 11) is 0. The number of piperazine rings is 1. The van der Waals surface area contributed by atoms with E-state index in [-0.39, 0.29) is 5.91 Å². The van der Waals surface area contributed by atoms with Crippen LogP contribution in [0.2, 0.25) is 0 Å². The Morgan fingerprint density at radius 1 is 0.852 bits per heavy atom. The Labute approximate surface area is 157 Å². The largest absolute Gasteiger partial charge is 0.340 e. The van der Waals surface area contributed by atoms with Crippen molar-refractivity contribution in [2.45, 2.75) is 0 Å². The average Bonchev–Trinajstić information content (AvgIpc) is 2.75. The highest BCUT2D eigenvalue weighted by molar-refractivity contribution is 5.94. The molecule has 0 bridgehead atoms. The van der Waals surface area contributed by atoms with Gasteiger partial charge in [0.25, 0.3) is 5.91 Å². The molecule has 1 aromatic carbocycles. The van der Waals surface area contributed by atoms with E-state index < -0.39 is 0 Å². The van der Waals surface area contributed by atoms with Crippen molar-refractivity contribution in [1.29, 1.82) is 0 Å². The molecule has 0 spiro atoms. The zero-order valence-corrected chi connectivity index (χ0v) is 14.8. The van der Waals surface area contributed by atoms with Crippen LogP contribution < -0.4 is 10.2 Å². The fraction of sp³-hybridized carbons (Fsp3) is 0.200. The van der Waals surface area contributed by atoms with E-state index in [2.05, 4.69) is 25.2 Å². The molecule has 3 heterocycles. The second-order valence-electron chi connectivity index (χ2n) is 6.25. The van der Waals surface area contributed by atoms with Gasteiger partial charge in [0, 0.05) is 50.5 Å². The first kappa shape index (κ1) is 17.0. The average molecular weight is 360 g/mol. The van der Waals surface area contributed by atoms with Crippen LogP contribution in [0.15, 0.2) is 67.1 Å². The lowest BCUT2D eigenvalue weighted by Gasteiger charge is -2.34. The molecule has 4 rings (SSSR count). The summed E-state index contributed by atoms with van der Waals surface area (Å²) in [5.74, 6) is 1.42. The van der Waals surface area contributed by atoms with E-state index in [9.17, 15) is 4.79 Å². The topological polar surface area (TPSA) is 74.2 Å². The maximum atomic E-state index is 12.7. The van der Waals surface area contributed by atoms with Gasteiger partial charge < -0.3 is 15.1 Å². The Morgan fingerprint density at radius 3 is 2.26 bits per heavy atom. The molecule has 1 N–H and O–H groups in total. The molecule has 27 heavy (non-hydrogen) atoms. The van der Waals surface area contributed by atoms with Gasteiger partial charge in [-0.3, -0.25) is 4.79 Å². The van der Waals surface area contributed by atoms with E-state index >= 15 is 0 Å². The lowest BCUT2D eigenvalue weighted by atomic mass is 10.2. The monoisotopic (exact) mass is 360 g/mol. The minimum Gasteiger partial charge on any atom is -0.340 e. The number of aromatic nitrogens is 3. The Bertz CT molecular complexity index is 877. The number of para-hydroxylation sites is 1. The number of amides is 1. The third-order valence-corrected chi connectivity index (χ3v) is 4.46. The highest BCUT2D eigenvalue weighted by Gasteiger charge is 2.23. The summed E-state index contributed by atoms with van der Waals surface area (Å²) >= 11 is 0. The Hall–Kier alpha value is -3.48. The lowest BCUT2D eigenvalue weighted by Crippen LogP contribution is -2.49. The Kier molecular flexibility index (Phi) is 4.91. The molecule has 1 aliphatic rings. The van der Waals surface area contributed by atoms with E-state index in [1.165, 1.54) is 0 Å². The normalized spacial score (nSPS) is 14.1. The highest BCUT2D eigenvalue weighted by atomic mass is 16.2. The number of nitrogens with zero attached hydrogens (tertiary/aromatic N) is 5. The van der Waals surface area contributed by atoms with Crippen LogP contribution >= 0.6 is 0 Å². The van der Waals surface area contributed by atoms with Crippen LogP contribution in [0.3, 0.4) is 0 Å². The summed E-state index contributed by atoms with van der Waals surface area (Å²) in [5.41, 5.74) is 1.56. The summed E-state index contributed by atoms with van der Waals surface area (Å²) in [6.45, 7) is 2.72. The SMILES string of the molecule is O=C(c1ccc(Nc2ccccc2)nc1)N1CCN(c2ncccn2)CC1. The molecule has 7 nitrogen and oxygen atoms in total. The van der Waals surface area contributed by atoms with Crippen molar-refractivity contribution in [3.8, 4) is 0 Å². The Morgan fingerprint density at radius 2 is 1.59 bits per heavy atom. The number of benzene rings is 1. The van der Waals surface area contributed by atoms with Gasteiger partial charge in [0.05, 0.1) is 5.56 Å². The summed E-state index contributed by atoms with van der Waals surface area (Å²) in [6, 6.07) is 15.3. The van der Waals surface area contributed by atoms with Crippen LogP contribution in [0.25, 0.3) is 0 Å². The molecule has 3 aromatic rings. The molecule has 0 aliphatic carbocycles. The molecule has 0 saturated carbocycles. The zero-order chi connectivity index (χ0) is 18.5. The van der Waals surface area contributed by atoms with E-state index in [1.54, 1.807) is 24.7 Å². The Balaban J connectivity index is 1.36. The number of hydrogen-bond acceptors (Lipinski definition) is 6. The number of anilines is 3. The molecule has 2 aromatic heterocycles. The smallest absolute Gasteiger partial charge is 0.255 e. The third kappa shape index (κ3) is 4.03. The van der Waals surface area contributed by atoms with Crippen LogP contribution in [0.1, 0.15) is 10.4 Å². The van der Waals surface area contributed by atoms with Crippen LogP contribution in [0.5, 0.6) is 0 Å². The number of nitrogens with one attached hydrogen (secondary N) is 1. The summed E-state index contributed by atoms with van der Waals surface area (Å²) < 4.78 is 0. The maximum absolute atomic E-state index is 12.7. The molecule has 1 amide bonds. The molecule has 1 fully saturated rings. The number of carbonyl (C=O) groups is 1. The number of pyridine rings is 1. The van der Waals surface area contributed by atoms with E-state index in [4.69, 9.17) is 0 Å². The first-order valence-corrected chi connectivity index (χ1v) is 8.89. The van der Waals surface area contributed by atoms with Gasteiger partial charge in [0.15, 0.2) is 0 Å². The first-order chi connectivity index (χ1) is 13.3. The summed E-state index contributed by atoms with van der Waals surface area (Å²) in [4.78, 5) is 29.6. The third-order valence-electron chi connectivity index (χ3n) is 4.46. The van der Waals surface area contributed by atoms with Gasteiger partial charge in [-0.05, 0) is 30.3 Å². The second-order valence-corrected chi connectivity index (χ2v) is 6.25. The van der Waals surface area contributed by atoms with Gasteiger partial charge in [0.1, 0.15) is 5.82 Å². The van der Waals surface area contributed by atoms with Crippen LogP contribution in [-0.2, 0) is 0 Å². The second kappa shape index (κ2) is 7.82. The van der Waals surface area contributed by atoms with Crippen LogP contribution in [0.4, 0.5) is 17.5 Å². The molecule has 0 unspecified atom stereocenters. The fourth-order valence-corrected chi connectivity index (χ4v) is 3.01. The minimum atomic E-state index is 0.00221. The fourth-order valence-electron chi connectivity index (χ4n) is 3.01. The van der Waals surface area contributed by atoms with Crippen molar-refractivity contribution in [2.24, 2.45) is 0 Å². The van der Waals surface area contributed by atoms with E-state index in [0.717, 1.165) is 18.8 Å². The van der Waals surface area contributed by atoms with Gasteiger partial charge in [-0.2, -0.15) is 0 Å². The minimum absolute atomic E-state index is 0.00221. The quantitative estimate of drug-likeness (QED) is 0.771. The van der Waals surface area contributed by atoms with Crippen LogP contribution in [-0.4, -0.2) is 51.9 Å². The van der Waals surface area contributed by atoms with Crippen molar-refractivity contribution < 1.29 is 4.79 Å². The van der Waals surface area contributed by atoms with Crippen molar-refractivity contribution in [2.75, 3.05) is 36.4 Å². The zero-order valence-electron chi connectivity index (χ0n) is 14.8. The molecule has 136 valence electrons. The molecular formula is C20H20N6O. The summed E-state index contributed by atoms with van der Waals surface area (Å²) in [6.07, 6.45) is 5.09. The predicted octanol–water partition coefficient (Wildman–Crippen LogP) is 2.58. The molecule has 1 saturated heterocycles. The number of hydrogen-bond donors (Lipinski definition) is 1. The molecule has 0 radical (unpaired) electrons. The van der Waals surface area contributed by atoms with Gasteiger partial charge in [-0.25, -0.2) is 15.0 Å². The van der Waals surface area contributed by atoms with E-state index in [1.807, 2.05) is 47.4 Å². The van der Waals surface area contributed by atoms with Crippen molar-refractivity contribution in [3.05, 3.63) is 72.7 Å². The van der Waals surface area contributed by atoms with Crippen molar-refractivity contribution >= 4 is 23.4 Å². The van der Waals surface area contributed by atoms with Gasteiger partial charge in [-0.1, -0.05) is 18.2 Å². The first-order valence-electron chi connectivity index (χ1n) is 8.89. The number of rotatable bonds is 4. The highest BCUT2D eigenvalue weighted by Crippen LogP contribution is 2.16. The molecular weight excluding hydrogens is 340 g/mol. The lowest BCUT2D eigenvalue weighted by molar-refractivity contribution is 0.0746. The molecule has 7 heteroatoms. The van der Waals surface area contributed by atoms with E-state index in [0.29, 0.717) is 30.4 Å². The maximum Gasteiger partial charge on any atom is 0.255 e. The van der Waals surface area contributed by atoms with Gasteiger partial charge in [-0.15, -0.1) is 0 Å². The molecule has 1 aliphatic heterocycles. The predicted molar refractivity (Wildman–Crippen MR) is 104 cm³/mol. The van der Waals surface area contributed by atoms with Gasteiger partial charge >= 0.3 is 0 Å². The van der Waals surface area contributed by atoms with Crippen LogP contribution in [0, 0.1) is 0 Å². The summed E-state index contributed by atoms with van der Waals surface area (Å²) in [5, 5.41) is 3.22. The standard InChI is InChI=1S/C20H20N6O/c27-19(25-11-13-26(14-12-25)20-21-9-4-10-22-20)16-7-8-18(23-15-16)24-17-5-2-1-3-6-17/h1-10,15H,11-14H2,(H,23,24). The number of carbonyl (C=O) groups excluding carboxylic acids is 1. The van der Waals surface area contributed by atoms with Crippen molar-refractivity contribution in [3.63, 3.8) is 0 Å². The molecule has 0 atom stereocenters. The van der Waals surface area contributed by atoms with Crippen molar-refractivity contribution in [1.82, 2.24) is 19.9 Å². The van der Waals surface area contributed by atoms with Gasteiger partial charge in [0.2, 0.25) is 5.95 Å².